The van der Waals surface area contributed by atoms with Gasteiger partial charge in [-0.25, -0.2) is 0 Å². The molecular formula is C9H20NO4P. The Balaban J connectivity index is 3.89. The molecule has 90 valence electrons. The van der Waals surface area contributed by atoms with Gasteiger partial charge in [-0.1, -0.05) is 39.0 Å². The Labute approximate surface area is 90.2 Å². The molecule has 0 radical (unpaired) electrons. The van der Waals surface area contributed by atoms with Crippen LogP contribution in [-0.4, -0.2) is 21.4 Å². The zero-order valence-electron chi connectivity index (χ0n) is 9.06. The third-order valence-corrected chi connectivity index (χ3v) is 3.64. The molecule has 1 unspecified atom stereocenters. The van der Waals surface area contributed by atoms with Gasteiger partial charge >= 0.3 is 7.60 Å². The first-order valence-corrected chi connectivity index (χ1v) is 6.92. The van der Waals surface area contributed by atoms with Crippen molar-refractivity contribution in [2.24, 2.45) is 5.73 Å². The highest BCUT2D eigenvalue weighted by Crippen LogP contribution is 2.43. The van der Waals surface area contributed by atoms with Crippen LogP contribution in [0.5, 0.6) is 0 Å². The molecule has 0 rings (SSSR count). The van der Waals surface area contributed by atoms with Crippen LogP contribution in [0.3, 0.4) is 0 Å². The molecule has 0 saturated carbocycles. The van der Waals surface area contributed by atoms with E-state index >= 15 is 0 Å². The van der Waals surface area contributed by atoms with Gasteiger partial charge in [0.2, 0.25) is 5.91 Å². The third-order valence-electron chi connectivity index (χ3n) is 2.32. The molecule has 0 aromatic heterocycles. The van der Waals surface area contributed by atoms with Crippen LogP contribution in [0.2, 0.25) is 0 Å². The number of hydrogen-bond acceptors (Lipinski definition) is 2. The van der Waals surface area contributed by atoms with Crippen molar-refractivity contribution in [1.82, 2.24) is 0 Å². The summed E-state index contributed by atoms with van der Waals surface area (Å²) in [5, 5.41) is 0. The van der Waals surface area contributed by atoms with Crippen molar-refractivity contribution >= 4 is 13.5 Å². The van der Waals surface area contributed by atoms with E-state index in [1.807, 2.05) is 0 Å². The van der Waals surface area contributed by atoms with Crippen molar-refractivity contribution < 1.29 is 19.1 Å². The second-order valence-corrected chi connectivity index (χ2v) is 5.51. The third kappa shape index (κ3) is 6.66. The summed E-state index contributed by atoms with van der Waals surface area (Å²) >= 11 is 0. The van der Waals surface area contributed by atoms with Crippen molar-refractivity contribution in [1.29, 1.82) is 0 Å². The molecule has 0 aromatic carbocycles. The van der Waals surface area contributed by atoms with Crippen LogP contribution >= 0.6 is 7.60 Å². The Kier molecular flexibility index (Phi) is 6.81. The van der Waals surface area contributed by atoms with Gasteiger partial charge < -0.3 is 15.5 Å². The fourth-order valence-corrected chi connectivity index (χ4v) is 2.27. The number of carbonyl (C=O) groups excluding carboxylic acids is 1. The topological polar surface area (TPSA) is 101 Å². The maximum atomic E-state index is 10.9. The van der Waals surface area contributed by atoms with E-state index in [1.54, 1.807) is 0 Å². The summed E-state index contributed by atoms with van der Waals surface area (Å²) in [7, 11) is -4.36. The van der Waals surface area contributed by atoms with Crippen molar-refractivity contribution in [3.05, 3.63) is 0 Å². The summed E-state index contributed by atoms with van der Waals surface area (Å²) in [5.74, 6) is -0.904. The van der Waals surface area contributed by atoms with Crippen LogP contribution in [0.1, 0.15) is 45.4 Å². The highest BCUT2D eigenvalue weighted by atomic mass is 31.2. The van der Waals surface area contributed by atoms with E-state index in [4.69, 9.17) is 15.5 Å². The number of hydrogen-bond donors (Lipinski definition) is 3. The SMILES string of the molecule is CCCCCCCC(C(N)=O)P(=O)(O)O. The van der Waals surface area contributed by atoms with E-state index < -0.39 is 19.2 Å². The van der Waals surface area contributed by atoms with Crippen molar-refractivity contribution in [2.75, 3.05) is 0 Å². The maximum Gasteiger partial charge on any atom is 0.337 e. The zero-order valence-corrected chi connectivity index (χ0v) is 9.95. The molecule has 0 saturated heterocycles. The molecule has 0 bridgehead atoms. The number of amides is 1. The molecular weight excluding hydrogens is 217 g/mol. The molecule has 0 heterocycles. The number of unbranched alkanes of at least 4 members (excludes halogenated alkanes) is 4. The van der Waals surface area contributed by atoms with E-state index in [2.05, 4.69) is 6.92 Å². The molecule has 0 fully saturated rings. The van der Waals surface area contributed by atoms with E-state index in [1.165, 1.54) is 0 Å². The summed E-state index contributed by atoms with van der Waals surface area (Å²) in [4.78, 5) is 28.5. The Bertz CT molecular complexity index is 238. The lowest BCUT2D eigenvalue weighted by molar-refractivity contribution is -0.118. The summed E-state index contributed by atoms with van der Waals surface area (Å²) in [6.45, 7) is 2.09. The Morgan fingerprint density at radius 2 is 1.80 bits per heavy atom. The number of nitrogens with two attached hydrogens (primary N) is 1. The summed E-state index contributed by atoms with van der Waals surface area (Å²) in [5.41, 5.74) is 3.63. The molecule has 6 heteroatoms. The lowest BCUT2D eigenvalue weighted by atomic mass is 10.1. The van der Waals surface area contributed by atoms with Crippen LogP contribution in [0.4, 0.5) is 0 Å². The monoisotopic (exact) mass is 237 g/mol. The normalized spacial score (nSPS) is 13.8. The second kappa shape index (κ2) is 6.99. The molecule has 15 heavy (non-hydrogen) atoms. The van der Waals surface area contributed by atoms with E-state index in [-0.39, 0.29) is 6.42 Å². The average Bonchev–Trinajstić information content (AvgIpc) is 2.08. The largest absolute Gasteiger partial charge is 0.369 e. The second-order valence-electron chi connectivity index (χ2n) is 3.71. The standard InChI is InChI=1S/C9H20NO4P/c1-2-3-4-5-6-7-8(9(10)11)15(12,13)14/h8H,2-7H2,1H3,(H2,10,11)(H2,12,13,14). The van der Waals surface area contributed by atoms with Gasteiger partial charge in [-0.15, -0.1) is 0 Å². The fourth-order valence-electron chi connectivity index (χ4n) is 1.42. The molecule has 1 amide bonds. The van der Waals surface area contributed by atoms with Crippen molar-refractivity contribution in [3.63, 3.8) is 0 Å². The molecule has 5 nitrogen and oxygen atoms in total. The minimum atomic E-state index is -4.36. The average molecular weight is 237 g/mol. The summed E-state index contributed by atoms with van der Waals surface area (Å²) in [6.07, 6.45) is 4.96. The number of carbonyl (C=O) groups is 1. The fraction of sp³-hybridized carbons (Fsp3) is 0.889. The Hall–Kier alpha value is -0.380. The summed E-state index contributed by atoms with van der Waals surface area (Å²) < 4.78 is 10.9. The zero-order chi connectivity index (χ0) is 11.9. The molecule has 0 aromatic rings. The van der Waals surface area contributed by atoms with Crippen molar-refractivity contribution in [3.8, 4) is 0 Å². The molecule has 0 aliphatic rings. The quantitative estimate of drug-likeness (QED) is 0.438. The first-order valence-electron chi connectivity index (χ1n) is 5.24. The lowest BCUT2D eigenvalue weighted by Gasteiger charge is -2.14. The molecule has 0 aliphatic heterocycles. The lowest BCUT2D eigenvalue weighted by Crippen LogP contribution is -2.28. The molecule has 1 atom stereocenters. The van der Waals surface area contributed by atoms with Crippen LogP contribution in [0.15, 0.2) is 0 Å². The number of primary amides is 1. The first-order chi connectivity index (χ1) is 6.89. The van der Waals surface area contributed by atoms with E-state index in [0.717, 1.165) is 25.7 Å². The highest BCUT2D eigenvalue weighted by molar-refractivity contribution is 7.53. The van der Waals surface area contributed by atoms with E-state index in [0.29, 0.717) is 6.42 Å². The van der Waals surface area contributed by atoms with Gasteiger partial charge in [0.05, 0.1) is 0 Å². The van der Waals surface area contributed by atoms with Gasteiger partial charge in [0, 0.05) is 0 Å². The van der Waals surface area contributed by atoms with Crippen molar-refractivity contribution in [2.45, 2.75) is 51.1 Å². The van der Waals surface area contributed by atoms with Gasteiger partial charge in [-0.3, -0.25) is 9.36 Å². The van der Waals surface area contributed by atoms with Gasteiger partial charge in [0.15, 0.2) is 0 Å². The highest BCUT2D eigenvalue weighted by Gasteiger charge is 2.33. The molecule has 0 aliphatic carbocycles. The smallest absolute Gasteiger partial charge is 0.337 e. The molecule has 0 spiro atoms. The Morgan fingerprint density at radius 3 is 2.20 bits per heavy atom. The van der Waals surface area contributed by atoms with Crippen LogP contribution in [0, 0.1) is 0 Å². The van der Waals surface area contributed by atoms with Crippen LogP contribution in [0.25, 0.3) is 0 Å². The first kappa shape index (κ1) is 14.6. The van der Waals surface area contributed by atoms with Gasteiger partial charge in [-0.2, -0.15) is 0 Å². The maximum absolute atomic E-state index is 10.9. The predicted octanol–water partition coefficient (Wildman–Crippen LogP) is 1.38. The van der Waals surface area contributed by atoms with Crippen LogP contribution < -0.4 is 5.73 Å². The van der Waals surface area contributed by atoms with Gasteiger partial charge in [0.1, 0.15) is 5.66 Å². The minimum absolute atomic E-state index is 0.184. The van der Waals surface area contributed by atoms with Crippen LogP contribution in [-0.2, 0) is 9.36 Å². The Morgan fingerprint density at radius 1 is 1.27 bits per heavy atom. The van der Waals surface area contributed by atoms with Gasteiger partial charge in [0.25, 0.3) is 0 Å². The number of rotatable bonds is 8. The van der Waals surface area contributed by atoms with Gasteiger partial charge in [-0.05, 0) is 6.42 Å². The molecule has 4 N–H and O–H groups in total. The summed E-state index contributed by atoms with van der Waals surface area (Å²) in [6, 6.07) is 0. The van der Waals surface area contributed by atoms with E-state index in [9.17, 15) is 9.36 Å². The minimum Gasteiger partial charge on any atom is -0.369 e. The predicted molar refractivity (Wildman–Crippen MR) is 58.4 cm³/mol.